The number of carbonyl (C=O) groups is 1. The van der Waals surface area contributed by atoms with Crippen molar-refractivity contribution in [1.82, 2.24) is 14.7 Å². The number of carbonyl (C=O) groups excluding carboxylic acids is 1. The summed E-state index contributed by atoms with van der Waals surface area (Å²) in [7, 11) is -7.94. The van der Waals surface area contributed by atoms with Crippen molar-refractivity contribution in [1.29, 1.82) is 0 Å². The van der Waals surface area contributed by atoms with Crippen LogP contribution in [-0.4, -0.2) is 38.8 Å². The summed E-state index contributed by atoms with van der Waals surface area (Å²) in [6.45, 7) is 3.28. The lowest BCUT2D eigenvalue weighted by Gasteiger charge is -2.14. The summed E-state index contributed by atoms with van der Waals surface area (Å²) in [6, 6.07) is 8.65. The molecule has 0 radical (unpaired) electrons. The number of amides is 1. The fraction of sp³-hybridized carbons (Fsp3) is 0.150. The molecule has 10 nitrogen and oxygen atoms in total. The van der Waals surface area contributed by atoms with E-state index >= 15 is 0 Å². The van der Waals surface area contributed by atoms with Gasteiger partial charge < -0.3 is 5.32 Å². The second-order valence-corrected chi connectivity index (χ2v) is 11.4. The summed E-state index contributed by atoms with van der Waals surface area (Å²) in [5.41, 5.74) is 0.116. The number of anilines is 2. The first-order chi connectivity index (χ1) is 15.9. The Morgan fingerprint density at radius 1 is 0.912 bits per heavy atom. The van der Waals surface area contributed by atoms with E-state index in [2.05, 4.69) is 24.7 Å². The number of hydrogen-bond donors (Lipinski definition) is 3. The average molecular weight is 544 g/mol. The van der Waals surface area contributed by atoms with Crippen molar-refractivity contribution in [2.24, 2.45) is 0 Å². The second-order valence-electron chi connectivity index (χ2n) is 7.19. The standard InChI is InChI=1S/C20H19Cl2N5O5S2/c1-12(2)26-34(31,32)18-10-15(16(21)11-17(18)22)19(28)25-13-4-6-14(7-5-13)33(29,30)27-20-23-8-3-9-24-20/h3-12,26H,1-2H3,(H,25,28)(H,23,24,27). The van der Waals surface area contributed by atoms with Gasteiger partial charge in [-0.05, 0) is 56.3 Å². The van der Waals surface area contributed by atoms with Gasteiger partial charge >= 0.3 is 0 Å². The van der Waals surface area contributed by atoms with Crippen LogP contribution in [0.5, 0.6) is 0 Å². The monoisotopic (exact) mass is 543 g/mol. The lowest BCUT2D eigenvalue weighted by molar-refractivity contribution is 0.102. The molecule has 0 fully saturated rings. The molecule has 3 N–H and O–H groups in total. The third kappa shape index (κ3) is 6.21. The summed E-state index contributed by atoms with van der Waals surface area (Å²) >= 11 is 12.2. The quantitative estimate of drug-likeness (QED) is 0.393. The molecule has 0 unspecified atom stereocenters. The maximum Gasteiger partial charge on any atom is 0.264 e. The van der Waals surface area contributed by atoms with Gasteiger partial charge in [0.2, 0.25) is 16.0 Å². The number of sulfonamides is 2. The average Bonchev–Trinajstić information content (AvgIpc) is 2.73. The van der Waals surface area contributed by atoms with E-state index < -0.39 is 32.0 Å². The first-order valence-electron chi connectivity index (χ1n) is 9.61. The molecule has 0 spiro atoms. The smallest absolute Gasteiger partial charge is 0.264 e. The zero-order chi connectivity index (χ0) is 25.1. The number of aromatic nitrogens is 2. The van der Waals surface area contributed by atoms with Crippen LogP contribution in [0, 0.1) is 0 Å². The summed E-state index contributed by atoms with van der Waals surface area (Å²) in [6.07, 6.45) is 2.78. The molecule has 34 heavy (non-hydrogen) atoms. The van der Waals surface area contributed by atoms with E-state index in [1.165, 1.54) is 42.7 Å². The van der Waals surface area contributed by atoms with Crippen LogP contribution in [0.3, 0.4) is 0 Å². The van der Waals surface area contributed by atoms with Crippen molar-refractivity contribution < 1.29 is 21.6 Å². The molecule has 0 atom stereocenters. The van der Waals surface area contributed by atoms with Crippen LogP contribution < -0.4 is 14.8 Å². The van der Waals surface area contributed by atoms with Crippen LogP contribution in [0.15, 0.2) is 64.6 Å². The van der Waals surface area contributed by atoms with Gasteiger partial charge in [-0.1, -0.05) is 23.2 Å². The lowest BCUT2D eigenvalue weighted by atomic mass is 10.2. The highest BCUT2D eigenvalue weighted by molar-refractivity contribution is 7.92. The zero-order valence-corrected chi connectivity index (χ0v) is 20.9. The summed E-state index contributed by atoms with van der Waals surface area (Å²) < 4.78 is 54.6. The van der Waals surface area contributed by atoms with Crippen LogP contribution in [0.4, 0.5) is 11.6 Å². The predicted octanol–water partition coefficient (Wildman–Crippen LogP) is 3.52. The Morgan fingerprint density at radius 3 is 2.12 bits per heavy atom. The third-order valence-corrected chi connectivity index (χ3v) is 7.94. The molecule has 0 saturated carbocycles. The molecule has 0 bridgehead atoms. The molecule has 1 heterocycles. The van der Waals surface area contributed by atoms with E-state index in [-0.39, 0.29) is 37.0 Å². The minimum atomic E-state index is -3.99. The molecule has 14 heteroatoms. The highest BCUT2D eigenvalue weighted by atomic mass is 35.5. The van der Waals surface area contributed by atoms with Gasteiger partial charge in [0.25, 0.3) is 15.9 Å². The van der Waals surface area contributed by atoms with Crippen molar-refractivity contribution in [2.45, 2.75) is 29.7 Å². The van der Waals surface area contributed by atoms with Gasteiger partial charge in [-0.2, -0.15) is 0 Å². The van der Waals surface area contributed by atoms with E-state index in [1.807, 2.05) is 0 Å². The minimum Gasteiger partial charge on any atom is -0.322 e. The molecular formula is C20H19Cl2N5O5S2. The third-order valence-electron chi connectivity index (χ3n) is 4.16. The molecule has 2 aromatic carbocycles. The molecule has 0 aliphatic carbocycles. The van der Waals surface area contributed by atoms with Crippen molar-refractivity contribution >= 4 is 60.8 Å². The Morgan fingerprint density at radius 2 is 1.53 bits per heavy atom. The van der Waals surface area contributed by atoms with E-state index in [0.29, 0.717) is 0 Å². The van der Waals surface area contributed by atoms with Crippen LogP contribution in [0.2, 0.25) is 10.0 Å². The first kappa shape index (κ1) is 25.8. The highest BCUT2D eigenvalue weighted by Gasteiger charge is 2.23. The van der Waals surface area contributed by atoms with Gasteiger partial charge in [0.1, 0.15) is 4.90 Å². The molecule has 0 aliphatic rings. The van der Waals surface area contributed by atoms with Crippen LogP contribution >= 0.6 is 23.2 Å². The van der Waals surface area contributed by atoms with E-state index in [4.69, 9.17) is 23.2 Å². The number of rotatable bonds is 8. The van der Waals surface area contributed by atoms with Gasteiger partial charge in [-0.15, -0.1) is 0 Å². The Kier molecular flexibility index (Phi) is 7.78. The Balaban J connectivity index is 1.82. The number of benzene rings is 2. The van der Waals surface area contributed by atoms with E-state index in [9.17, 15) is 21.6 Å². The highest BCUT2D eigenvalue weighted by Crippen LogP contribution is 2.29. The van der Waals surface area contributed by atoms with Crippen molar-refractivity contribution in [2.75, 3.05) is 10.0 Å². The molecule has 1 amide bonds. The fourth-order valence-corrected chi connectivity index (χ4v) is 5.80. The molecule has 1 aromatic heterocycles. The van der Waals surface area contributed by atoms with Crippen molar-refractivity contribution in [3.63, 3.8) is 0 Å². The molecule has 3 rings (SSSR count). The fourth-order valence-electron chi connectivity index (χ4n) is 2.73. The predicted molar refractivity (Wildman–Crippen MR) is 129 cm³/mol. The van der Waals surface area contributed by atoms with Gasteiger partial charge in [0.15, 0.2) is 0 Å². The maximum absolute atomic E-state index is 12.8. The van der Waals surface area contributed by atoms with Crippen molar-refractivity contribution in [3.05, 3.63) is 70.5 Å². The normalized spacial score (nSPS) is 11.9. The van der Waals surface area contributed by atoms with E-state index in [1.54, 1.807) is 19.9 Å². The second kappa shape index (κ2) is 10.2. The van der Waals surface area contributed by atoms with Crippen LogP contribution in [0.1, 0.15) is 24.2 Å². The number of halogens is 2. The lowest BCUT2D eigenvalue weighted by Crippen LogP contribution is -2.30. The van der Waals surface area contributed by atoms with Gasteiger partial charge in [0, 0.05) is 24.1 Å². The first-order valence-corrected chi connectivity index (χ1v) is 13.3. The Bertz CT molecular complexity index is 1420. The van der Waals surface area contributed by atoms with Gasteiger partial charge in [0.05, 0.1) is 20.5 Å². The molecule has 0 saturated heterocycles. The van der Waals surface area contributed by atoms with E-state index in [0.717, 1.165) is 6.07 Å². The zero-order valence-electron chi connectivity index (χ0n) is 17.8. The molecular weight excluding hydrogens is 525 g/mol. The number of nitrogens with zero attached hydrogens (tertiary/aromatic N) is 2. The summed E-state index contributed by atoms with van der Waals surface area (Å²) in [5.74, 6) is -0.802. The SMILES string of the molecule is CC(C)NS(=O)(=O)c1cc(C(=O)Nc2ccc(S(=O)(=O)Nc3ncccn3)cc2)c(Cl)cc1Cl. The molecule has 0 aliphatic heterocycles. The van der Waals surface area contributed by atoms with Crippen LogP contribution in [0.25, 0.3) is 0 Å². The maximum atomic E-state index is 12.8. The van der Waals surface area contributed by atoms with Gasteiger partial charge in [-0.25, -0.2) is 36.2 Å². The Labute approximate surface area is 206 Å². The van der Waals surface area contributed by atoms with Crippen molar-refractivity contribution in [3.8, 4) is 0 Å². The summed E-state index contributed by atoms with van der Waals surface area (Å²) in [5, 5.41) is 2.35. The number of nitrogens with one attached hydrogen (secondary N) is 3. The van der Waals surface area contributed by atoms with Gasteiger partial charge in [-0.3, -0.25) is 4.79 Å². The topological polar surface area (TPSA) is 147 Å². The molecule has 3 aromatic rings. The number of hydrogen-bond acceptors (Lipinski definition) is 7. The Hall–Kier alpha value is -2.77. The largest absolute Gasteiger partial charge is 0.322 e. The molecule has 180 valence electrons. The van der Waals surface area contributed by atoms with Crippen LogP contribution in [-0.2, 0) is 20.0 Å². The minimum absolute atomic E-state index is 0.0581. The summed E-state index contributed by atoms with van der Waals surface area (Å²) in [4.78, 5) is 20.0.